The molecule has 0 saturated heterocycles. The Balaban J connectivity index is 2.06. The average molecular weight is 205 g/mol. The van der Waals surface area contributed by atoms with Crippen LogP contribution in [-0.4, -0.2) is 12.5 Å². The van der Waals surface area contributed by atoms with Gasteiger partial charge in [-0.25, -0.2) is 4.39 Å². The molecule has 3 nitrogen and oxygen atoms in total. The number of hydrogen-bond acceptors (Lipinski definition) is 3. The van der Waals surface area contributed by atoms with E-state index in [0.29, 0.717) is 12.5 Å². The topological polar surface area (TPSA) is 50.4 Å². The minimum absolute atomic E-state index is 0.160. The maximum Gasteiger partial charge on any atom is 0.189 e. The Hall–Kier alpha value is -1.58. The van der Waals surface area contributed by atoms with Crippen molar-refractivity contribution in [2.45, 2.75) is 18.4 Å². The van der Waals surface area contributed by atoms with E-state index in [1.165, 1.54) is 6.07 Å². The van der Waals surface area contributed by atoms with Gasteiger partial charge in [0, 0.05) is 0 Å². The first-order valence-corrected chi connectivity index (χ1v) is 5.07. The third-order valence-electron chi connectivity index (χ3n) is 3.29. The molecule has 0 aromatic heterocycles. The van der Waals surface area contributed by atoms with Crippen molar-refractivity contribution in [1.29, 1.82) is 0 Å². The Morgan fingerprint density at radius 1 is 1.47 bits per heavy atom. The predicted molar refractivity (Wildman–Crippen MR) is 56.0 cm³/mol. The van der Waals surface area contributed by atoms with Gasteiger partial charge in [0.15, 0.2) is 5.96 Å². The lowest BCUT2D eigenvalue weighted by Crippen LogP contribution is -2.43. The van der Waals surface area contributed by atoms with Crippen LogP contribution in [0.1, 0.15) is 17.5 Å². The summed E-state index contributed by atoms with van der Waals surface area (Å²) in [6.45, 7) is 0.664. The van der Waals surface area contributed by atoms with Gasteiger partial charge in [0.1, 0.15) is 5.82 Å². The minimum atomic E-state index is -0.169. The molecule has 0 fully saturated rings. The maximum atomic E-state index is 13.0. The second kappa shape index (κ2) is 2.72. The van der Waals surface area contributed by atoms with Crippen molar-refractivity contribution in [1.82, 2.24) is 5.32 Å². The molecule has 3 N–H and O–H groups in total. The van der Waals surface area contributed by atoms with Crippen LogP contribution >= 0.6 is 0 Å². The number of guanidine groups is 1. The molecule has 1 aliphatic carbocycles. The van der Waals surface area contributed by atoms with E-state index in [1.807, 2.05) is 6.07 Å². The van der Waals surface area contributed by atoms with Gasteiger partial charge in [-0.05, 0) is 36.1 Å². The zero-order chi connectivity index (χ0) is 10.5. The van der Waals surface area contributed by atoms with Gasteiger partial charge >= 0.3 is 0 Å². The van der Waals surface area contributed by atoms with Gasteiger partial charge in [0.25, 0.3) is 0 Å². The van der Waals surface area contributed by atoms with Crippen molar-refractivity contribution < 1.29 is 4.39 Å². The second-order valence-electron chi connectivity index (χ2n) is 4.21. The number of fused-ring (bicyclic) bond motifs is 2. The lowest BCUT2D eigenvalue weighted by molar-refractivity contribution is 0.429. The van der Waals surface area contributed by atoms with Crippen molar-refractivity contribution in [2.24, 2.45) is 10.7 Å². The minimum Gasteiger partial charge on any atom is -0.370 e. The van der Waals surface area contributed by atoms with E-state index in [0.717, 1.165) is 24.0 Å². The number of aliphatic imine (C=N–C) groups is 1. The third kappa shape index (κ3) is 1.14. The molecule has 2 aliphatic rings. The van der Waals surface area contributed by atoms with E-state index < -0.39 is 0 Å². The highest BCUT2D eigenvalue weighted by Crippen LogP contribution is 2.38. The smallest absolute Gasteiger partial charge is 0.189 e. The van der Waals surface area contributed by atoms with Gasteiger partial charge < -0.3 is 11.1 Å². The lowest BCUT2D eigenvalue weighted by Gasteiger charge is -2.24. The number of benzene rings is 1. The van der Waals surface area contributed by atoms with Gasteiger partial charge in [0.05, 0.1) is 12.1 Å². The molecule has 1 aromatic carbocycles. The number of rotatable bonds is 0. The van der Waals surface area contributed by atoms with Crippen LogP contribution in [0.15, 0.2) is 23.2 Å². The summed E-state index contributed by atoms with van der Waals surface area (Å²) in [5.41, 5.74) is 7.70. The molecule has 1 spiro atoms. The molecule has 4 heteroatoms. The first kappa shape index (κ1) is 8.71. The highest BCUT2D eigenvalue weighted by atomic mass is 19.1. The fraction of sp³-hybridized carbons (Fsp3) is 0.364. The molecule has 1 unspecified atom stereocenters. The molecule has 1 aromatic rings. The van der Waals surface area contributed by atoms with Crippen LogP contribution in [0.3, 0.4) is 0 Å². The molecule has 0 radical (unpaired) electrons. The Morgan fingerprint density at radius 3 is 3.07 bits per heavy atom. The van der Waals surface area contributed by atoms with E-state index in [9.17, 15) is 4.39 Å². The highest BCUT2D eigenvalue weighted by molar-refractivity contribution is 5.81. The van der Waals surface area contributed by atoms with Crippen molar-refractivity contribution in [3.63, 3.8) is 0 Å². The Kier molecular flexibility index (Phi) is 1.58. The number of hydrogen-bond donors (Lipinski definition) is 2. The Morgan fingerprint density at radius 2 is 2.33 bits per heavy atom. The quantitative estimate of drug-likeness (QED) is 0.660. The number of nitrogens with two attached hydrogens (primary N) is 1. The van der Waals surface area contributed by atoms with Crippen LogP contribution in [0, 0.1) is 5.82 Å². The molecular formula is C11H12FN3. The van der Waals surface area contributed by atoms with Crippen LogP contribution in [0.4, 0.5) is 4.39 Å². The number of aryl methyl sites for hydroxylation is 1. The summed E-state index contributed by atoms with van der Waals surface area (Å²) in [5, 5.41) is 3.21. The van der Waals surface area contributed by atoms with Crippen molar-refractivity contribution in [3.05, 3.63) is 35.1 Å². The molecule has 0 bridgehead atoms. The van der Waals surface area contributed by atoms with E-state index in [4.69, 9.17) is 5.73 Å². The molecule has 0 saturated carbocycles. The summed E-state index contributed by atoms with van der Waals surface area (Å²) in [6, 6.07) is 4.96. The van der Waals surface area contributed by atoms with Crippen LogP contribution in [0.5, 0.6) is 0 Å². The zero-order valence-electron chi connectivity index (χ0n) is 8.26. The number of nitrogens with zero attached hydrogens (tertiary/aromatic N) is 1. The summed E-state index contributed by atoms with van der Waals surface area (Å²) in [5.74, 6) is 0.324. The Bertz CT molecular complexity index is 455. The van der Waals surface area contributed by atoms with Crippen LogP contribution in [0.2, 0.25) is 0 Å². The van der Waals surface area contributed by atoms with Gasteiger partial charge in [0.2, 0.25) is 0 Å². The van der Waals surface area contributed by atoms with Crippen LogP contribution in [0.25, 0.3) is 0 Å². The lowest BCUT2D eigenvalue weighted by atomic mass is 9.93. The van der Waals surface area contributed by atoms with Gasteiger partial charge in [-0.2, -0.15) is 0 Å². The first-order valence-electron chi connectivity index (χ1n) is 5.07. The summed E-state index contributed by atoms with van der Waals surface area (Å²) < 4.78 is 13.0. The largest absolute Gasteiger partial charge is 0.370 e. The summed E-state index contributed by atoms with van der Waals surface area (Å²) in [4.78, 5) is 4.18. The second-order valence-corrected chi connectivity index (χ2v) is 4.21. The zero-order valence-corrected chi connectivity index (χ0v) is 8.26. The molecule has 0 amide bonds. The normalized spacial score (nSPS) is 27.7. The van der Waals surface area contributed by atoms with Crippen molar-refractivity contribution >= 4 is 5.96 Å². The van der Waals surface area contributed by atoms with E-state index in [-0.39, 0.29) is 11.4 Å². The molecule has 15 heavy (non-hydrogen) atoms. The molecule has 1 heterocycles. The van der Waals surface area contributed by atoms with Crippen molar-refractivity contribution in [3.8, 4) is 0 Å². The van der Waals surface area contributed by atoms with E-state index in [1.54, 1.807) is 6.07 Å². The monoisotopic (exact) mass is 205 g/mol. The summed E-state index contributed by atoms with van der Waals surface area (Å²) in [6.07, 6.45) is 1.83. The van der Waals surface area contributed by atoms with Gasteiger partial charge in [-0.3, -0.25) is 4.99 Å². The molecule has 78 valence electrons. The van der Waals surface area contributed by atoms with Gasteiger partial charge in [-0.15, -0.1) is 0 Å². The maximum absolute atomic E-state index is 13.0. The first-order chi connectivity index (χ1) is 7.20. The summed E-state index contributed by atoms with van der Waals surface area (Å²) >= 11 is 0. The number of nitrogens with one attached hydrogen (secondary N) is 1. The average Bonchev–Trinajstić information content (AvgIpc) is 2.73. The fourth-order valence-corrected chi connectivity index (χ4v) is 2.56. The molecule has 1 aliphatic heterocycles. The van der Waals surface area contributed by atoms with Crippen LogP contribution in [-0.2, 0) is 12.0 Å². The summed E-state index contributed by atoms with van der Waals surface area (Å²) in [7, 11) is 0. The number of halogens is 1. The molecule has 3 rings (SSSR count). The van der Waals surface area contributed by atoms with Crippen molar-refractivity contribution in [2.75, 3.05) is 6.54 Å². The molecule has 1 atom stereocenters. The van der Waals surface area contributed by atoms with E-state index >= 15 is 0 Å². The Labute approximate surface area is 87.2 Å². The predicted octanol–water partition coefficient (Wildman–Crippen LogP) is 0.885. The fourth-order valence-electron chi connectivity index (χ4n) is 2.56. The highest BCUT2D eigenvalue weighted by Gasteiger charge is 2.41. The standard InChI is InChI=1S/C11H12FN3/c12-8-1-2-9-7(5-8)3-4-11(9)6-14-10(13)15-11/h1-2,5H,3-4,6H2,(H3,13,14,15). The van der Waals surface area contributed by atoms with E-state index in [2.05, 4.69) is 10.3 Å². The third-order valence-corrected chi connectivity index (χ3v) is 3.29. The van der Waals surface area contributed by atoms with Crippen LogP contribution < -0.4 is 11.1 Å². The van der Waals surface area contributed by atoms with Gasteiger partial charge in [-0.1, -0.05) is 6.07 Å². The molecular weight excluding hydrogens is 193 g/mol. The SMILES string of the molecule is NC1=NCC2(CCc3cc(F)ccc32)N1.